The number of carbonyl (C=O) groups is 1. The molecule has 1 saturated heterocycles. The molecule has 2 aromatic carbocycles. The van der Waals surface area contributed by atoms with Crippen molar-refractivity contribution in [3.63, 3.8) is 0 Å². The summed E-state index contributed by atoms with van der Waals surface area (Å²) in [5.74, 6) is -1.19. The highest BCUT2D eigenvalue weighted by Gasteiger charge is 2.29. The molecule has 26 heavy (non-hydrogen) atoms. The van der Waals surface area contributed by atoms with Gasteiger partial charge in [-0.2, -0.15) is 0 Å². The maximum Gasteiger partial charge on any atom is 0.251 e. The highest BCUT2D eigenvalue weighted by molar-refractivity contribution is 5.95. The molecule has 1 aliphatic rings. The molecule has 1 N–H and O–H groups in total. The van der Waals surface area contributed by atoms with Crippen LogP contribution in [0.15, 0.2) is 42.5 Å². The summed E-state index contributed by atoms with van der Waals surface area (Å²) in [7, 11) is 3.47. The Morgan fingerprint density at radius 2 is 1.92 bits per heavy atom. The zero-order valence-electron chi connectivity index (χ0n) is 14.8. The Morgan fingerprint density at radius 3 is 2.50 bits per heavy atom. The summed E-state index contributed by atoms with van der Waals surface area (Å²) >= 11 is 0. The van der Waals surface area contributed by atoms with Crippen LogP contribution in [0.4, 0.5) is 14.5 Å². The maximum absolute atomic E-state index is 14.2. The van der Waals surface area contributed by atoms with E-state index in [-0.39, 0.29) is 23.4 Å². The minimum atomic E-state index is -0.460. The van der Waals surface area contributed by atoms with Gasteiger partial charge in [0.25, 0.3) is 5.91 Å². The number of carbonyl (C=O) groups excluding carboxylic acids is 1. The molecule has 1 heterocycles. The Labute approximate surface area is 151 Å². The van der Waals surface area contributed by atoms with E-state index in [1.807, 2.05) is 0 Å². The van der Waals surface area contributed by atoms with Gasteiger partial charge in [0.05, 0.1) is 17.8 Å². The molecule has 0 saturated carbocycles. The Hall–Kier alpha value is -2.47. The molecule has 2 atom stereocenters. The van der Waals surface area contributed by atoms with E-state index in [1.54, 1.807) is 43.3 Å². The standard InChI is InChI=1S/C20H22F2N2O2/c1-24(2)17-10-7-14(12-16(17)22)20(25)23-19(18-4-3-11-26-18)13-5-8-15(21)9-6-13/h5-10,12,18-19H,3-4,11H2,1-2H3,(H,23,25)/t18-,19+/m0/s1. The summed E-state index contributed by atoms with van der Waals surface area (Å²) < 4.78 is 33.1. The summed E-state index contributed by atoms with van der Waals surface area (Å²) in [5.41, 5.74) is 1.41. The minimum absolute atomic E-state index is 0.185. The second-order valence-corrected chi connectivity index (χ2v) is 6.61. The van der Waals surface area contributed by atoms with Gasteiger partial charge in [0.15, 0.2) is 0 Å². The molecule has 0 spiro atoms. The molecule has 0 bridgehead atoms. The Morgan fingerprint density at radius 1 is 1.19 bits per heavy atom. The van der Waals surface area contributed by atoms with Gasteiger partial charge in [-0.25, -0.2) is 8.78 Å². The molecule has 0 aliphatic carbocycles. The van der Waals surface area contributed by atoms with Gasteiger partial charge in [0.2, 0.25) is 0 Å². The fraction of sp³-hybridized carbons (Fsp3) is 0.350. The van der Waals surface area contributed by atoms with E-state index < -0.39 is 11.9 Å². The van der Waals surface area contributed by atoms with Crippen LogP contribution >= 0.6 is 0 Å². The van der Waals surface area contributed by atoms with Crippen LogP contribution < -0.4 is 10.2 Å². The number of hydrogen-bond acceptors (Lipinski definition) is 3. The van der Waals surface area contributed by atoms with Gasteiger partial charge in [-0.15, -0.1) is 0 Å². The first kappa shape index (κ1) is 18.3. The van der Waals surface area contributed by atoms with Crippen LogP contribution in [0.3, 0.4) is 0 Å². The molecule has 0 unspecified atom stereocenters. The first-order valence-electron chi connectivity index (χ1n) is 8.60. The molecule has 1 aliphatic heterocycles. The zero-order valence-corrected chi connectivity index (χ0v) is 14.8. The summed E-state index contributed by atoms with van der Waals surface area (Å²) in [6.07, 6.45) is 1.52. The van der Waals surface area contributed by atoms with E-state index in [1.165, 1.54) is 18.2 Å². The third kappa shape index (κ3) is 4.02. The van der Waals surface area contributed by atoms with Crippen LogP contribution in [0.2, 0.25) is 0 Å². The number of ether oxygens (including phenoxy) is 1. The number of nitrogens with one attached hydrogen (secondary N) is 1. The van der Waals surface area contributed by atoms with Gasteiger partial charge < -0.3 is 15.0 Å². The van der Waals surface area contributed by atoms with Crippen molar-refractivity contribution in [2.24, 2.45) is 0 Å². The molecule has 138 valence electrons. The Balaban J connectivity index is 1.83. The smallest absolute Gasteiger partial charge is 0.251 e. The summed E-state index contributed by atoms with van der Waals surface area (Å²) in [5, 5.41) is 2.92. The van der Waals surface area contributed by atoms with E-state index in [0.717, 1.165) is 18.4 Å². The normalized spacial score (nSPS) is 17.8. The van der Waals surface area contributed by atoms with Crippen LogP contribution in [0.25, 0.3) is 0 Å². The Bertz CT molecular complexity index is 772. The molecular weight excluding hydrogens is 338 g/mol. The fourth-order valence-electron chi connectivity index (χ4n) is 3.16. The average Bonchev–Trinajstić information content (AvgIpc) is 3.14. The highest BCUT2D eigenvalue weighted by Crippen LogP contribution is 2.28. The predicted octanol–water partition coefficient (Wildman–Crippen LogP) is 3.68. The molecular formula is C20H22F2N2O2. The lowest BCUT2D eigenvalue weighted by Gasteiger charge is -2.25. The molecule has 4 nitrogen and oxygen atoms in total. The largest absolute Gasteiger partial charge is 0.376 e. The first-order valence-corrected chi connectivity index (χ1v) is 8.60. The van der Waals surface area contributed by atoms with Gasteiger partial charge in [-0.05, 0) is 48.7 Å². The molecule has 6 heteroatoms. The summed E-state index contributed by atoms with van der Waals surface area (Å²) in [4.78, 5) is 14.3. The van der Waals surface area contributed by atoms with Crippen LogP contribution in [0, 0.1) is 11.6 Å². The summed E-state index contributed by atoms with van der Waals surface area (Å²) in [6.45, 7) is 0.629. The quantitative estimate of drug-likeness (QED) is 0.884. The maximum atomic E-state index is 14.2. The van der Waals surface area contributed by atoms with Crippen molar-refractivity contribution in [3.05, 3.63) is 65.2 Å². The van der Waals surface area contributed by atoms with Crippen molar-refractivity contribution in [1.29, 1.82) is 0 Å². The molecule has 3 rings (SSSR count). The number of hydrogen-bond donors (Lipinski definition) is 1. The monoisotopic (exact) mass is 360 g/mol. The number of benzene rings is 2. The van der Waals surface area contributed by atoms with Crippen molar-refractivity contribution < 1.29 is 18.3 Å². The van der Waals surface area contributed by atoms with Crippen molar-refractivity contribution in [1.82, 2.24) is 5.32 Å². The minimum Gasteiger partial charge on any atom is -0.376 e. The fourth-order valence-corrected chi connectivity index (χ4v) is 3.16. The van der Waals surface area contributed by atoms with Crippen LogP contribution in [0.5, 0.6) is 0 Å². The number of amides is 1. The number of nitrogens with zero attached hydrogens (tertiary/aromatic N) is 1. The van der Waals surface area contributed by atoms with Crippen LogP contribution in [-0.2, 0) is 4.74 Å². The van der Waals surface area contributed by atoms with Crippen molar-refractivity contribution in [2.75, 3.05) is 25.6 Å². The second kappa shape index (κ2) is 7.83. The van der Waals surface area contributed by atoms with Crippen LogP contribution in [0.1, 0.15) is 34.8 Å². The summed E-state index contributed by atoms with van der Waals surface area (Å²) in [6, 6.07) is 9.96. The second-order valence-electron chi connectivity index (χ2n) is 6.61. The van der Waals surface area contributed by atoms with Gasteiger partial charge in [-0.3, -0.25) is 4.79 Å². The first-order chi connectivity index (χ1) is 12.5. The lowest BCUT2D eigenvalue weighted by molar-refractivity contribution is 0.0672. The third-order valence-electron chi connectivity index (χ3n) is 4.54. The van der Waals surface area contributed by atoms with E-state index >= 15 is 0 Å². The van der Waals surface area contributed by atoms with E-state index in [9.17, 15) is 13.6 Å². The lowest BCUT2D eigenvalue weighted by Crippen LogP contribution is -2.36. The SMILES string of the molecule is CN(C)c1ccc(C(=O)N[C@H](c2ccc(F)cc2)[C@@H]2CCCO2)cc1F. The van der Waals surface area contributed by atoms with E-state index in [2.05, 4.69) is 5.32 Å². The van der Waals surface area contributed by atoms with Crippen molar-refractivity contribution in [2.45, 2.75) is 25.0 Å². The van der Waals surface area contributed by atoms with Crippen molar-refractivity contribution in [3.8, 4) is 0 Å². The topological polar surface area (TPSA) is 41.6 Å². The van der Waals surface area contributed by atoms with E-state index in [0.29, 0.717) is 12.3 Å². The molecule has 1 fully saturated rings. The lowest BCUT2D eigenvalue weighted by atomic mass is 9.98. The number of anilines is 1. The zero-order chi connectivity index (χ0) is 18.7. The van der Waals surface area contributed by atoms with Crippen LogP contribution in [-0.4, -0.2) is 32.7 Å². The highest BCUT2D eigenvalue weighted by atomic mass is 19.1. The van der Waals surface area contributed by atoms with Gasteiger partial charge in [-0.1, -0.05) is 12.1 Å². The Kier molecular flexibility index (Phi) is 5.52. The molecule has 0 aromatic heterocycles. The van der Waals surface area contributed by atoms with Gasteiger partial charge in [0, 0.05) is 26.3 Å². The van der Waals surface area contributed by atoms with Crippen molar-refractivity contribution >= 4 is 11.6 Å². The van der Waals surface area contributed by atoms with Gasteiger partial charge >= 0.3 is 0 Å². The predicted molar refractivity (Wildman–Crippen MR) is 96.3 cm³/mol. The van der Waals surface area contributed by atoms with Gasteiger partial charge in [0.1, 0.15) is 11.6 Å². The van der Waals surface area contributed by atoms with E-state index in [4.69, 9.17) is 4.74 Å². The molecule has 0 radical (unpaired) electrons. The molecule has 1 amide bonds. The third-order valence-corrected chi connectivity index (χ3v) is 4.54. The average molecular weight is 360 g/mol. The number of rotatable bonds is 5. The molecule has 2 aromatic rings. The number of halogens is 2.